The predicted molar refractivity (Wildman–Crippen MR) is 83.2 cm³/mol. The number of carbonyl (C=O) groups is 1. The molecule has 0 spiro atoms. The average molecular weight is 277 g/mol. The van der Waals surface area contributed by atoms with Crippen LogP contribution in [-0.4, -0.2) is 28.9 Å². The Morgan fingerprint density at radius 3 is 2.25 bits per heavy atom. The van der Waals surface area contributed by atoms with Gasteiger partial charge in [-0.3, -0.25) is 9.69 Å². The number of hydrogen-bond donors (Lipinski definition) is 1. The second-order valence-electron chi connectivity index (χ2n) is 5.38. The second-order valence-corrected chi connectivity index (χ2v) is 5.38. The van der Waals surface area contributed by atoms with E-state index in [1.165, 1.54) is 12.8 Å². The zero-order valence-corrected chi connectivity index (χ0v) is 13.0. The number of Topliss-reactive ketones (excluding diaryl/α,β-unsaturated/α-hetero) is 1. The van der Waals surface area contributed by atoms with E-state index in [9.17, 15) is 9.90 Å². The normalized spacial score (nSPS) is 11.0. The maximum atomic E-state index is 11.4. The Labute approximate surface area is 122 Å². The van der Waals surface area contributed by atoms with E-state index in [1.54, 1.807) is 19.1 Å². The van der Waals surface area contributed by atoms with Crippen LogP contribution in [-0.2, 0) is 6.54 Å². The molecule has 0 fully saturated rings. The number of rotatable bonds is 9. The Hall–Kier alpha value is -1.35. The van der Waals surface area contributed by atoms with Gasteiger partial charge in [0.25, 0.3) is 0 Å². The van der Waals surface area contributed by atoms with Crippen LogP contribution in [0.3, 0.4) is 0 Å². The molecular formula is C17H27NO2. The molecule has 0 saturated heterocycles. The Balaban J connectivity index is 2.79. The first kappa shape index (κ1) is 16.7. The van der Waals surface area contributed by atoms with Crippen molar-refractivity contribution in [2.45, 2.75) is 53.0 Å². The molecule has 0 bridgehead atoms. The van der Waals surface area contributed by atoms with Crippen LogP contribution in [0.1, 0.15) is 62.4 Å². The topological polar surface area (TPSA) is 40.5 Å². The van der Waals surface area contributed by atoms with Gasteiger partial charge < -0.3 is 5.11 Å². The molecule has 20 heavy (non-hydrogen) atoms. The summed E-state index contributed by atoms with van der Waals surface area (Å²) in [7, 11) is 0. The average Bonchev–Trinajstić information content (AvgIpc) is 2.43. The minimum Gasteiger partial charge on any atom is -0.508 e. The van der Waals surface area contributed by atoms with Gasteiger partial charge >= 0.3 is 0 Å². The lowest BCUT2D eigenvalue weighted by atomic mass is 10.1. The number of carbonyl (C=O) groups excluding carboxylic acids is 1. The van der Waals surface area contributed by atoms with Crippen molar-refractivity contribution in [3.8, 4) is 5.75 Å². The van der Waals surface area contributed by atoms with Gasteiger partial charge in [-0.15, -0.1) is 0 Å². The van der Waals surface area contributed by atoms with Crippen molar-refractivity contribution in [2.75, 3.05) is 13.1 Å². The van der Waals surface area contributed by atoms with Gasteiger partial charge in [0.2, 0.25) is 0 Å². The van der Waals surface area contributed by atoms with Crippen molar-refractivity contribution in [1.29, 1.82) is 0 Å². The number of unbranched alkanes of at least 4 members (excludes halogenated alkanes) is 2. The number of phenols is 1. The summed E-state index contributed by atoms with van der Waals surface area (Å²) < 4.78 is 0. The molecule has 0 radical (unpaired) electrons. The number of aromatic hydroxyl groups is 1. The summed E-state index contributed by atoms with van der Waals surface area (Å²) in [6.45, 7) is 8.73. The number of nitrogens with zero attached hydrogens (tertiary/aromatic N) is 1. The molecule has 0 saturated carbocycles. The lowest BCUT2D eigenvalue weighted by Gasteiger charge is -2.22. The molecule has 0 atom stereocenters. The van der Waals surface area contributed by atoms with E-state index >= 15 is 0 Å². The van der Waals surface area contributed by atoms with Gasteiger partial charge in [0, 0.05) is 17.7 Å². The van der Waals surface area contributed by atoms with Crippen LogP contribution in [0.5, 0.6) is 5.75 Å². The van der Waals surface area contributed by atoms with Gasteiger partial charge in [-0.25, -0.2) is 0 Å². The molecule has 0 amide bonds. The molecular weight excluding hydrogens is 250 g/mol. The fraction of sp³-hybridized carbons (Fsp3) is 0.588. The highest BCUT2D eigenvalue weighted by molar-refractivity contribution is 5.94. The van der Waals surface area contributed by atoms with Crippen molar-refractivity contribution in [3.63, 3.8) is 0 Å². The third kappa shape index (κ3) is 5.33. The van der Waals surface area contributed by atoms with Gasteiger partial charge in [0.1, 0.15) is 5.75 Å². The third-order valence-corrected chi connectivity index (χ3v) is 3.54. The molecule has 112 valence electrons. The summed E-state index contributed by atoms with van der Waals surface area (Å²) in [5, 5.41) is 9.98. The molecule has 3 heteroatoms. The van der Waals surface area contributed by atoms with Gasteiger partial charge in [-0.2, -0.15) is 0 Å². The van der Waals surface area contributed by atoms with Crippen LogP contribution in [0.15, 0.2) is 18.2 Å². The Morgan fingerprint density at radius 1 is 1.15 bits per heavy atom. The summed E-state index contributed by atoms with van der Waals surface area (Å²) in [4.78, 5) is 13.8. The molecule has 0 unspecified atom stereocenters. The molecule has 3 nitrogen and oxygen atoms in total. The monoisotopic (exact) mass is 277 g/mol. The third-order valence-electron chi connectivity index (χ3n) is 3.54. The van der Waals surface area contributed by atoms with Gasteiger partial charge in [-0.1, -0.05) is 26.7 Å². The second kappa shape index (κ2) is 8.75. The number of hydrogen-bond acceptors (Lipinski definition) is 3. The number of benzene rings is 1. The van der Waals surface area contributed by atoms with Crippen LogP contribution >= 0.6 is 0 Å². The first-order valence-corrected chi connectivity index (χ1v) is 7.63. The van der Waals surface area contributed by atoms with Gasteiger partial charge in [-0.05, 0) is 51.1 Å². The zero-order chi connectivity index (χ0) is 15.0. The van der Waals surface area contributed by atoms with Crippen LogP contribution in [0, 0.1) is 0 Å². The first-order valence-electron chi connectivity index (χ1n) is 7.63. The molecule has 0 aliphatic rings. The van der Waals surface area contributed by atoms with E-state index in [4.69, 9.17) is 0 Å². The molecule has 1 aromatic carbocycles. The molecule has 1 rings (SSSR count). The van der Waals surface area contributed by atoms with E-state index in [1.807, 2.05) is 6.07 Å². The molecule has 1 N–H and O–H groups in total. The first-order chi connectivity index (χ1) is 9.58. The van der Waals surface area contributed by atoms with E-state index in [0.29, 0.717) is 12.1 Å². The highest BCUT2D eigenvalue weighted by Gasteiger charge is 2.10. The van der Waals surface area contributed by atoms with Crippen LogP contribution in [0.4, 0.5) is 0 Å². The summed E-state index contributed by atoms with van der Waals surface area (Å²) in [5.41, 5.74) is 1.52. The summed E-state index contributed by atoms with van der Waals surface area (Å²) in [5.74, 6) is 0.327. The quantitative estimate of drug-likeness (QED) is 0.694. The van der Waals surface area contributed by atoms with E-state index in [0.717, 1.165) is 31.5 Å². The number of phenolic OH excluding ortho intramolecular Hbond substituents is 1. The SMILES string of the molecule is CCCCN(CCCC)Cc1cc(C(C)=O)ccc1O. The van der Waals surface area contributed by atoms with Crippen LogP contribution < -0.4 is 0 Å². The maximum Gasteiger partial charge on any atom is 0.159 e. The summed E-state index contributed by atoms with van der Waals surface area (Å²) >= 11 is 0. The zero-order valence-electron chi connectivity index (χ0n) is 13.0. The minimum atomic E-state index is 0.0416. The lowest BCUT2D eigenvalue weighted by Crippen LogP contribution is -2.25. The highest BCUT2D eigenvalue weighted by atomic mass is 16.3. The minimum absolute atomic E-state index is 0.0416. The molecule has 0 aliphatic heterocycles. The standard InChI is InChI=1S/C17H27NO2/c1-4-6-10-18(11-7-5-2)13-16-12-15(14(3)19)8-9-17(16)20/h8-9,12,20H,4-7,10-11,13H2,1-3H3. The molecule has 0 heterocycles. The van der Waals surface area contributed by atoms with E-state index in [-0.39, 0.29) is 11.5 Å². The van der Waals surface area contributed by atoms with Crippen molar-refractivity contribution < 1.29 is 9.90 Å². The van der Waals surface area contributed by atoms with Crippen LogP contribution in [0.2, 0.25) is 0 Å². The lowest BCUT2D eigenvalue weighted by molar-refractivity contribution is 0.101. The van der Waals surface area contributed by atoms with Crippen molar-refractivity contribution in [2.24, 2.45) is 0 Å². The summed E-state index contributed by atoms with van der Waals surface area (Å²) in [6, 6.07) is 5.13. The maximum absolute atomic E-state index is 11.4. The number of ketones is 1. The van der Waals surface area contributed by atoms with Gasteiger partial charge in [0.05, 0.1) is 0 Å². The fourth-order valence-electron chi connectivity index (χ4n) is 2.21. The Morgan fingerprint density at radius 2 is 1.75 bits per heavy atom. The van der Waals surface area contributed by atoms with Crippen LogP contribution in [0.25, 0.3) is 0 Å². The molecule has 1 aromatic rings. The Kier molecular flexibility index (Phi) is 7.31. The van der Waals surface area contributed by atoms with Crippen molar-refractivity contribution in [3.05, 3.63) is 29.3 Å². The Bertz CT molecular complexity index is 421. The predicted octanol–water partition coefficient (Wildman–Crippen LogP) is 4.00. The van der Waals surface area contributed by atoms with E-state index < -0.39 is 0 Å². The fourth-order valence-corrected chi connectivity index (χ4v) is 2.21. The smallest absolute Gasteiger partial charge is 0.159 e. The summed E-state index contributed by atoms with van der Waals surface area (Å²) in [6.07, 6.45) is 4.66. The largest absolute Gasteiger partial charge is 0.508 e. The highest BCUT2D eigenvalue weighted by Crippen LogP contribution is 2.21. The van der Waals surface area contributed by atoms with Crippen molar-refractivity contribution in [1.82, 2.24) is 4.90 Å². The van der Waals surface area contributed by atoms with Gasteiger partial charge in [0.15, 0.2) is 5.78 Å². The van der Waals surface area contributed by atoms with E-state index in [2.05, 4.69) is 18.7 Å². The molecule has 0 aliphatic carbocycles. The van der Waals surface area contributed by atoms with Crippen molar-refractivity contribution >= 4 is 5.78 Å². The molecule has 0 aromatic heterocycles.